The first kappa shape index (κ1) is 21.9. The Labute approximate surface area is 181 Å². The van der Waals surface area contributed by atoms with E-state index in [2.05, 4.69) is 37.9 Å². The maximum atomic E-state index is 5.42. The number of ether oxygens (including phenoxy) is 3. The summed E-state index contributed by atoms with van der Waals surface area (Å²) in [6.45, 7) is 3.84. The van der Waals surface area contributed by atoms with E-state index in [0.29, 0.717) is 36.3 Å². The molecule has 1 heterocycles. The lowest BCUT2D eigenvalue weighted by atomic mass is 10.1. The number of H-pyrrole nitrogens is 1. The molecule has 0 spiro atoms. The van der Waals surface area contributed by atoms with Crippen molar-refractivity contribution >= 4 is 5.96 Å². The van der Waals surface area contributed by atoms with E-state index in [1.807, 2.05) is 31.2 Å². The van der Waals surface area contributed by atoms with E-state index in [1.165, 1.54) is 6.33 Å². The summed E-state index contributed by atoms with van der Waals surface area (Å²) in [4.78, 5) is 8.89. The van der Waals surface area contributed by atoms with Crippen molar-refractivity contribution in [2.24, 2.45) is 4.99 Å². The zero-order valence-corrected chi connectivity index (χ0v) is 18.2. The number of nitrogens with one attached hydrogen (secondary N) is 3. The first-order valence-electron chi connectivity index (χ1n) is 9.94. The highest BCUT2D eigenvalue weighted by atomic mass is 16.5. The minimum absolute atomic E-state index is 0.449. The molecule has 0 unspecified atom stereocenters. The lowest BCUT2D eigenvalue weighted by Crippen LogP contribution is -2.36. The molecule has 0 aliphatic rings. The fraction of sp³-hybridized carbons (Fsp3) is 0.318. The van der Waals surface area contributed by atoms with Crippen molar-refractivity contribution in [3.8, 4) is 28.6 Å². The number of methoxy groups -OCH3 is 3. The number of guanidine groups is 1. The van der Waals surface area contributed by atoms with Crippen molar-refractivity contribution in [2.45, 2.75) is 20.0 Å². The molecule has 0 aliphatic carbocycles. The Morgan fingerprint density at radius 3 is 2.39 bits per heavy atom. The van der Waals surface area contributed by atoms with E-state index in [9.17, 15) is 0 Å². The SMILES string of the molecule is CCNC(=NCc1cc(OC)c(OC)c(OC)c1)NCc1cccc(-c2ncn[nH]2)c1. The molecule has 2 aromatic carbocycles. The number of aromatic amines is 1. The summed E-state index contributed by atoms with van der Waals surface area (Å²) in [6, 6.07) is 11.9. The van der Waals surface area contributed by atoms with Crippen LogP contribution >= 0.6 is 0 Å². The average Bonchev–Trinajstić information content (AvgIpc) is 3.35. The normalized spacial score (nSPS) is 11.2. The molecule has 0 fully saturated rings. The van der Waals surface area contributed by atoms with Crippen molar-refractivity contribution in [1.29, 1.82) is 0 Å². The van der Waals surface area contributed by atoms with Gasteiger partial charge in [-0.2, -0.15) is 5.10 Å². The molecule has 0 radical (unpaired) electrons. The van der Waals surface area contributed by atoms with Gasteiger partial charge < -0.3 is 24.8 Å². The van der Waals surface area contributed by atoms with Crippen LogP contribution in [0, 0.1) is 0 Å². The Morgan fingerprint density at radius 1 is 1.00 bits per heavy atom. The third-order valence-electron chi connectivity index (χ3n) is 4.56. The lowest BCUT2D eigenvalue weighted by molar-refractivity contribution is 0.324. The lowest BCUT2D eigenvalue weighted by Gasteiger charge is -2.14. The number of aromatic nitrogens is 3. The highest BCUT2D eigenvalue weighted by molar-refractivity contribution is 5.79. The van der Waals surface area contributed by atoms with Gasteiger partial charge in [0.05, 0.1) is 27.9 Å². The van der Waals surface area contributed by atoms with Gasteiger partial charge in [0.1, 0.15) is 6.33 Å². The summed E-state index contributed by atoms with van der Waals surface area (Å²) >= 11 is 0. The van der Waals surface area contributed by atoms with E-state index in [0.717, 1.165) is 29.1 Å². The predicted molar refractivity (Wildman–Crippen MR) is 120 cm³/mol. The number of rotatable bonds is 9. The highest BCUT2D eigenvalue weighted by Crippen LogP contribution is 2.38. The maximum Gasteiger partial charge on any atom is 0.203 e. The number of aliphatic imine (C=N–C) groups is 1. The second-order valence-electron chi connectivity index (χ2n) is 6.62. The van der Waals surface area contributed by atoms with Gasteiger partial charge >= 0.3 is 0 Å². The van der Waals surface area contributed by atoms with Gasteiger partial charge in [-0.25, -0.2) is 9.98 Å². The second kappa shape index (κ2) is 10.9. The van der Waals surface area contributed by atoms with E-state index in [4.69, 9.17) is 19.2 Å². The molecule has 0 saturated heterocycles. The monoisotopic (exact) mass is 424 g/mol. The van der Waals surface area contributed by atoms with Crippen LogP contribution in [0.25, 0.3) is 11.4 Å². The number of benzene rings is 2. The summed E-state index contributed by atoms with van der Waals surface area (Å²) < 4.78 is 16.2. The zero-order chi connectivity index (χ0) is 22.1. The summed E-state index contributed by atoms with van der Waals surface area (Å²) in [5.74, 6) is 3.23. The Morgan fingerprint density at radius 2 is 1.77 bits per heavy atom. The number of hydrogen-bond donors (Lipinski definition) is 3. The molecule has 31 heavy (non-hydrogen) atoms. The molecule has 0 bridgehead atoms. The van der Waals surface area contributed by atoms with Gasteiger partial charge in [-0.3, -0.25) is 5.10 Å². The molecule has 9 heteroatoms. The van der Waals surface area contributed by atoms with Crippen LogP contribution in [-0.4, -0.2) is 49.0 Å². The predicted octanol–water partition coefficient (Wildman–Crippen LogP) is 2.75. The topological polar surface area (TPSA) is 106 Å². The van der Waals surface area contributed by atoms with Gasteiger partial charge in [0.2, 0.25) is 5.75 Å². The number of nitrogens with zero attached hydrogens (tertiary/aromatic N) is 3. The van der Waals surface area contributed by atoms with Gasteiger partial charge in [-0.05, 0) is 36.2 Å². The molecule has 0 aliphatic heterocycles. The Hall–Kier alpha value is -3.75. The van der Waals surface area contributed by atoms with E-state index in [-0.39, 0.29) is 0 Å². The van der Waals surface area contributed by atoms with Gasteiger partial charge in [0, 0.05) is 18.7 Å². The first-order valence-corrected chi connectivity index (χ1v) is 9.94. The maximum absolute atomic E-state index is 5.42. The van der Waals surface area contributed by atoms with E-state index >= 15 is 0 Å². The number of hydrogen-bond acceptors (Lipinski definition) is 6. The van der Waals surface area contributed by atoms with Crippen molar-refractivity contribution in [1.82, 2.24) is 25.8 Å². The minimum Gasteiger partial charge on any atom is -0.493 e. The van der Waals surface area contributed by atoms with E-state index in [1.54, 1.807) is 21.3 Å². The van der Waals surface area contributed by atoms with Gasteiger partial charge in [0.15, 0.2) is 23.3 Å². The third-order valence-corrected chi connectivity index (χ3v) is 4.56. The highest BCUT2D eigenvalue weighted by Gasteiger charge is 2.13. The van der Waals surface area contributed by atoms with Gasteiger partial charge in [-0.1, -0.05) is 18.2 Å². The quantitative estimate of drug-likeness (QED) is 0.358. The van der Waals surface area contributed by atoms with Crippen LogP contribution < -0.4 is 24.8 Å². The minimum atomic E-state index is 0.449. The third kappa shape index (κ3) is 5.65. The molecule has 0 amide bonds. The zero-order valence-electron chi connectivity index (χ0n) is 18.2. The largest absolute Gasteiger partial charge is 0.493 e. The van der Waals surface area contributed by atoms with Gasteiger partial charge in [-0.15, -0.1) is 0 Å². The standard InChI is InChI=1S/C22H28N6O3/c1-5-23-22(24-12-15-7-6-8-17(9-15)21-26-14-27-28-21)25-13-16-10-18(29-2)20(31-4)19(11-16)30-3/h6-11,14H,5,12-13H2,1-4H3,(H2,23,24,25)(H,26,27,28). The molecular formula is C22H28N6O3. The fourth-order valence-corrected chi connectivity index (χ4v) is 3.10. The van der Waals surface area contributed by atoms with Crippen molar-refractivity contribution in [3.63, 3.8) is 0 Å². The van der Waals surface area contributed by atoms with Crippen molar-refractivity contribution in [2.75, 3.05) is 27.9 Å². The molecule has 0 saturated carbocycles. The molecule has 0 atom stereocenters. The Bertz CT molecular complexity index is 979. The van der Waals surface area contributed by atoms with Crippen molar-refractivity contribution < 1.29 is 14.2 Å². The summed E-state index contributed by atoms with van der Waals surface area (Å²) in [6.07, 6.45) is 1.50. The van der Waals surface area contributed by atoms with Crippen LogP contribution in [0.5, 0.6) is 17.2 Å². The van der Waals surface area contributed by atoms with Crippen LogP contribution in [-0.2, 0) is 13.1 Å². The van der Waals surface area contributed by atoms with Crippen LogP contribution in [0.3, 0.4) is 0 Å². The second-order valence-corrected chi connectivity index (χ2v) is 6.62. The molecular weight excluding hydrogens is 396 g/mol. The van der Waals surface area contributed by atoms with Crippen LogP contribution in [0.15, 0.2) is 47.7 Å². The first-order chi connectivity index (χ1) is 15.2. The van der Waals surface area contributed by atoms with Crippen molar-refractivity contribution in [3.05, 3.63) is 53.9 Å². The molecule has 3 N–H and O–H groups in total. The van der Waals surface area contributed by atoms with Crippen LogP contribution in [0.2, 0.25) is 0 Å². The van der Waals surface area contributed by atoms with Gasteiger partial charge in [0.25, 0.3) is 0 Å². The summed E-state index contributed by atoms with van der Waals surface area (Å²) in [5, 5.41) is 13.4. The smallest absolute Gasteiger partial charge is 0.203 e. The fourth-order valence-electron chi connectivity index (χ4n) is 3.10. The summed E-state index contributed by atoms with van der Waals surface area (Å²) in [5.41, 5.74) is 3.03. The molecule has 3 aromatic rings. The van der Waals surface area contributed by atoms with E-state index < -0.39 is 0 Å². The Balaban J connectivity index is 1.72. The average molecular weight is 425 g/mol. The van der Waals surface area contributed by atoms with Crippen LogP contribution in [0.4, 0.5) is 0 Å². The Kier molecular flexibility index (Phi) is 7.69. The van der Waals surface area contributed by atoms with Crippen LogP contribution in [0.1, 0.15) is 18.1 Å². The molecule has 9 nitrogen and oxygen atoms in total. The summed E-state index contributed by atoms with van der Waals surface area (Å²) in [7, 11) is 4.79. The molecule has 164 valence electrons. The molecule has 1 aromatic heterocycles. The molecule has 3 rings (SSSR count).